The zero-order valence-corrected chi connectivity index (χ0v) is 15.2. The zero-order valence-electron chi connectivity index (χ0n) is 14.2. The molecule has 0 radical (unpaired) electrons. The molecule has 21 heavy (non-hydrogen) atoms. The molecule has 2 amide bonds. The third kappa shape index (κ3) is 7.80. The molecule has 0 aliphatic carbocycles. The van der Waals surface area contributed by atoms with Crippen LogP contribution in [0.3, 0.4) is 0 Å². The summed E-state index contributed by atoms with van der Waals surface area (Å²) in [5, 5.41) is 2.93. The molecule has 0 atom stereocenters. The van der Waals surface area contributed by atoms with Gasteiger partial charge in [0.2, 0.25) is 0 Å². The van der Waals surface area contributed by atoms with Crippen LogP contribution in [-0.2, 0) is 13.3 Å². The topological polar surface area (TPSA) is 60.0 Å². The molecule has 0 spiro atoms. The third-order valence-electron chi connectivity index (χ3n) is 3.08. The van der Waals surface area contributed by atoms with E-state index in [0.717, 1.165) is 25.6 Å². The lowest BCUT2D eigenvalue weighted by molar-refractivity contribution is 0.0708. The monoisotopic (exact) mass is 320 g/mol. The molecule has 0 aromatic carbocycles. The fraction of sp³-hybridized carbons (Fsp3) is 0.929. The van der Waals surface area contributed by atoms with Crippen LogP contribution in [0, 0.1) is 0 Å². The molecular weight excluding hydrogens is 288 g/mol. The van der Waals surface area contributed by atoms with Crippen LogP contribution in [-0.4, -0.2) is 59.2 Å². The van der Waals surface area contributed by atoms with Gasteiger partial charge in [-0.05, 0) is 41.0 Å². The van der Waals surface area contributed by atoms with Crippen molar-refractivity contribution in [2.45, 2.75) is 47.1 Å². The summed E-state index contributed by atoms with van der Waals surface area (Å²) in [5.41, 5.74) is 0. The molecule has 0 aliphatic heterocycles. The van der Waals surface area contributed by atoms with Crippen LogP contribution in [0.25, 0.3) is 0 Å². The van der Waals surface area contributed by atoms with E-state index in [1.54, 1.807) is 4.90 Å². The molecule has 0 aliphatic rings. The predicted octanol–water partition coefficient (Wildman–Crippen LogP) is 2.48. The average molecular weight is 321 g/mol. The van der Waals surface area contributed by atoms with Crippen molar-refractivity contribution in [1.29, 1.82) is 0 Å². The number of nitrogens with one attached hydrogen (secondary N) is 1. The predicted molar refractivity (Wildman–Crippen MR) is 86.4 cm³/mol. The van der Waals surface area contributed by atoms with E-state index < -0.39 is 8.80 Å². The van der Waals surface area contributed by atoms with Crippen LogP contribution < -0.4 is 5.32 Å². The van der Waals surface area contributed by atoms with Gasteiger partial charge in [0, 0.05) is 45.5 Å². The normalized spacial score (nSPS) is 11.5. The van der Waals surface area contributed by atoms with Gasteiger partial charge >= 0.3 is 14.8 Å². The molecule has 0 fully saturated rings. The first-order valence-corrected chi connectivity index (χ1v) is 9.96. The molecule has 6 nitrogen and oxygen atoms in total. The first-order valence-electron chi connectivity index (χ1n) is 8.03. The summed E-state index contributed by atoms with van der Waals surface area (Å²) in [6, 6.07) is 0.706. The SMILES string of the molecule is CCO[Si](CCCNC(=O)N(CC)CC)(OCC)OCC. The van der Waals surface area contributed by atoms with E-state index in [2.05, 4.69) is 5.32 Å². The Bertz CT molecular complexity index is 259. The second kappa shape index (κ2) is 12.0. The Morgan fingerprint density at radius 2 is 1.43 bits per heavy atom. The van der Waals surface area contributed by atoms with Gasteiger partial charge in [0.05, 0.1) is 0 Å². The van der Waals surface area contributed by atoms with Gasteiger partial charge in [-0.3, -0.25) is 0 Å². The van der Waals surface area contributed by atoms with Crippen molar-refractivity contribution >= 4 is 14.8 Å². The van der Waals surface area contributed by atoms with Gasteiger partial charge in [-0.15, -0.1) is 0 Å². The van der Waals surface area contributed by atoms with E-state index in [9.17, 15) is 4.79 Å². The van der Waals surface area contributed by atoms with Crippen LogP contribution in [0.4, 0.5) is 4.79 Å². The van der Waals surface area contributed by atoms with Crippen molar-refractivity contribution in [2.24, 2.45) is 0 Å². The minimum Gasteiger partial charge on any atom is -0.374 e. The Morgan fingerprint density at radius 1 is 0.952 bits per heavy atom. The first-order chi connectivity index (χ1) is 10.1. The molecule has 0 saturated carbocycles. The number of amides is 2. The van der Waals surface area contributed by atoms with E-state index >= 15 is 0 Å². The molecule has 0 heterocycles. The fourth-order valence-electron chi connectivity index (χ4n) is 2.12. The molecule has 7 heteroatoms. The Balaban J connectivity index is 4.26. The molecule has 0 rings (SSSR count). The van der Waals surface area contributed by atoms with Crippen LogP contribution in [0.5, 0.6) is 0 Å². The van der Waals surface area contributed by atoms with Crippen molar-refractivity contribution < 1.29 is 18.1 Å². The molecule has 0 aromatic rings. The summed E-state index contributed by atoms with van der Waals surface area (Å²) >= 11 is 0. The number of hydrogen-bond acceptors (Lipinski definition) is 4. The summed E-state index contributed by atoms with van der Waals surface area (Å²) < 4.78 is 17.3. The maximum Gasteiger partial charge on any atom is 0.500 e. The van der Waals surface area contributed by atoms with Gasteiger partial charge < -0.3 is 23.5 Å². The Labute approximate surface area is 130 Å². The molecule has 0 aromatic heterocycles. The van der Waals surface area contributed by atoms with Crippen molar-refractivity contribution in [2.75, 3.05) is 39.5 Å². The first kappa shape index (κ1) is 20.4. The van der Waals surface area contributed by atoms with E-state index in [0.29, 0.717) is 26.4 Å². The van der Waals surface area contributed by atoms with Crippen molar-refractivity contribution in [3.63, 3.8) is 0 Å². The minimum atomic E-state index is -2.58. The van der Waals surface area contributed by atoms with Crippen LogP contribution in [0.1, 0.15) is 41.0 Å². The Morgan fingerprint density at radius 3 is 1.81 bits per heavy atom. The number of hydrogen-bond donors (Lipinski definition) is 1. The van der Waals surface area contributed by atoms with Crippen LogP contribution in [0.15, 0.2) is 0 Å². The van der Waals surface area contributed by atoms with Crippen LogP contribution in [0.2, 0.25) is 6.04 Å². The number of carbonyl (C=O) groups excluding carboxylic acids is 1. The third-order valence-corrected chi connectivity index (χ3v) is 6.23. The summed E-state index contributed by atoms with van der Waals surface area (Å²) in [7, 11) is -2.58. The lowest BCUT2D eigenvalue weighted by Gasteiger charge is -2.28. The molecule has 1 N–H and O–H groups in total. The van der Waals surface area contributed by atoms with Gasteiger partial charge in [-0.1, -0.05) is 0 Å². The number of carbonyl (C=O) groups is 1. The fourth-order valence-corrected chi connectivity index (χ4v) is 4.74. The lowest BCUT2D eigenvalue weighted by atomic mass is 10.4. The molecule has 0 saturated heterocycles. The van der Waals surface area contributed by atoms with Gasteiger partial charge in [-0.2, -0.15) is 0 Å². The largest absolute Gasteiger partial charge is 0.500 e. The average Bonchev–Trinajstić information content (AvgIpc) is 2.46. The van der Waals surface area contributed by atoms with E-state index in [1.165, 1.54) is 0 Å². The highest BCUT2D eigenvalue weighted by atomic mass is 28.4. The molecule has 0 bridgehead atoms. The summed E-state index contributed by atoms with van der Waals surface area (Å²) in [4.78, 5) is 13.6. The molecule has 0 unspecified atom stereocenters. The second-order valence-electron chi connectivity index (χ2n) is 4.49. The van der Waals surface area contributed by atoms with Gasteiger partial charge in [0.25, 0.3) is 0 Å². The molecular formula is C14H32N2O4Si. The minimum absolute atomic E-state index is 0.0171. The Hall–Kier alpha value is -0.633. The highest BCUT2D eigenvalue weighted by Crippen LogP contribution is 2.17. The van der Waals surface area contributed by atoms with E-state index in [1.807, 2.05) is 34.6 Å². The maximum absolute atomic E-state index is 11.8. The van der Waals surface area contributed by atoms with Crippen molar-refractivity contribution in [3.05, 3.63) is 0 Å². The van der Waals surface area contributed by atoms with E-state index in [-0.39, 0.29) is 6.03 Å². The highest BCUT2D eigenvalue weighted by Gasteiger charge is 2.39. The number of nitrogens with zero attached hydrogens (tertiary/aromatic N) is 1. The van der Waals surface area contributed by atoms with Crippen LogP contribution >= 0.6 is 0 Å². The standard InChI is InChI=1S/C14H32N2O4Si/c1-6-16(7-2)14(17)15-12-11-13-21(18-8-3,19-9-4)20-10-5/h6-13H2,1-5H3,(H,15,17). The van der Waals surface area contributed by atoms with Gasteiger partial charge in [-0.25, -0.2) is 4.79 Å². The van der Waals surface area contributed by atoms with Crippen molar-refractivity contribution in [3.8, 4) is 0 Å². The summed E-state index contributed by atoms with van der Waals surface area (Å²) in [6.45, 7) is 13.6. The molecule has 126 valence electrons. The van der Waals surface area contributed by atoms with Gasteiger partial charge in [0.15, 0.2) is 0 Å². The lowest BCUT2D eigenvalue weighted by Crippen LogP contribution is -2.47. The Kier molecular flexibility index (Phi) is 11.6. The van der Waals surface area contributed by atoms with Crippen molar-refractivity contribution in [1.82, 2.24) is 10.2 Å². The van der Waals surface area contributed by atoms with Gasteiger partial charge in [0.1, 0.15) is 0 Å². The quantitative estimate of drug-likeness (QED) is 0.443. The van der Waals surface area contributed by atoms with E-state index in [4.69, 9.17) is 13.3 Å². The smallest absolute Gasteiger partial charge is 0.374 e. The zero-order chi connectivity index (χ0) is 16.1. The maximum atomic E-state index is 11.8. The second-order valence-corrected chi connectivity index (χ2v) is 7.22. The summed E-state index contributed by atoms with van der Waals surface area (Å²) in [6.07, 6.45) is 0.791. The summed E-state index contributed by atoms with van der Waals surface area (Å²) in [5.74, 6) is 0. The number of urea groups is 1. The number of rotatable bonds is 12. The highest BCUT2D eigenvalue weighted by molar-refractivity contribution is 6.60.